The maximum absolute atomic E-state index is 12.2. The molecule has 1 aliphatic rings. The average Bonchev–Trinajstić information content (AvgIpc) is 2.83. The van der Waals surface area contributed by atoms with E-state index in [9.17, 15) is 9.59 Å². The van der Waals surface area contributed by atoms with E-state index >= 15 is 0 Å². The molecule has 5 nitrogen and oxygen atoms in total. The normalized spacial score (nSPS) is 14.2. The van der Waals surface area contributed by atoms with Crippen molar-refractivity contribution in [3.8, 4) is 0 Å². The molecule has 7 heteroatoms. The van der Waals surface area contributed by atoms with Crippen molar-refractivity contribution in [2.45, 2.75) is 30.8 Å². The van der Waals surface area contributed by atoms with Crippen LogP contribution in [0.25, 0.3) is 10.2 Å². The number of thioether (sulfide) groups is 1. The Hall–Kier alpha value is -1.34. The van der Waals surface area contributed by atoms with Gasteiger partial charge in [0.25, 0.3) is 5.56 Å². The summed E-state index contributed by atoms with van der Waals surface area (Å²) in [6.45, 7) is 0. The summed E-state index contributed by atoms with van der Waals surface area (Å²) in [4.78, 5) is 32.9. The quantitative estimate of drug-likeness (QED) is 0.668. The topological polar surface area (TPSA) is 74.8 Å². The fourth-order valence-electron chi connectivity index (χ4n) is 2.42. The lowest BCUT2D eigenvalue weighted by Gasteiger charge is -2.09. The molecule has 0 unspecified atom stereocenters. The van der Waals surface area contributed by atoms with Crippen LogP contribution < -0.4 is 10.9 Å². The SMILES string of the molecule is CNC(=O)CSc1nc2sc3c(c2c(=O)[nH]1)CCCC3. The highest BCUT2D eigenvalue weighted by Gasteiger charge is 2.19. The summed E-state index contributed by atoms with van der Waals surface area (Å²) in [5.74, 6) is 0.180. The maximum atomic E-state index is 12.2. The summed E-state index contributed by atoms with van der Waals surface area (Å²) >= 11 is 2.88. The highest BCUT2D eigenvalue weighted by Crippen LogP contribution is 2.34. The molecule has 1 aliphatic carbocycles. The fourth-order valence-corrected chi connectivity index (χ4v) is 4.47. The lowest BCUT2D eigenvalue weighted by atomic mass is 9.97. The standard InChI is InChI=1S/C13H15N3O2S2/c1-14-9(17)6-19-13-15-11(18)10-7-4-2-3-5-8(7)20-12(10)16-13/h2-6H2,1H3,(H,14,17)(H,15,16,18). The van der Waals surface area contributed by atoms with Gasteiger partial charge >= 0.3 is 0 Å². The van der Waals surface area contributed by atoms with Gasteiger partial charge in [0.1, 0.15) is 4.83 Å². The Labute approximate surface area is 124 Å². The van der Waals surface area contributed by atoms with Crippen molar-refractivity contribution in [2.75, 3.05) is 12.8 Å². The van der Waals surface area contributed by atoms with Crippen LogP contribution in [-0.2, 0) is 17.6 Å². The second-order valence-corrected chi connectivity index (χ2v) is 6.77. The number of amides is 1. The largest absolute Gasteiger partial charge is 0.358 e. The van der Waals surface area contributed by atoms with Gasteiger partial charge in [-0.2, -0.15) is 0 Å². The van der Waals surface area contributed by atoms with Gasteiger partial charge in [0.05, 0.1) is 11.1 Å². The van der Waals surface area contributed by atoms with Gasteiger partial charge in [-0.15, -0.1) is 11.3 Å². The summed E-state index contributed by atoms with van der Waals surface area (Å²) in [6, 6.07) is 0. The molecule has 0 fully saturated rings. The first-order valence-electron chi connectivity index (χ1n) is 6.57. The zero-order valence-electron chi connectivity index (χ0n) is 11.1. The minimum absolute atomic E-state index is 0.0752. The first kappa shape index (κ1) is 13.6. The van der Waals surface area contributed by atoms with Crippen LogP contribution in [0.15, 0.2) is 9.95 Å². The third-order valence-corrected chi connectivity index (χ3v) is 5.48. The van der Waals surface area contributed by atoms with Gasteiger partial charge in [0.2, 0.25) is 5.91 Å². The van der Waals surface area contributed by atoms with E-state index in [2.05, 4.69) is 15.3 Å². The Bertz CT molecular complexity index is 720. The number of nitrogens with zero attached hydrogens (tertiary/aromatic N) is 1. The van der Waals surface area contributed by atoms with Crippen LogP contribution in [0.3, 0.4) is 0 Å². The third-order valence-electron chi connectivity index (χ3n) is 3.42. The van der Waals surface area contributed by atoms with E-state index < -0.39 is 0 Å². The fraction of sp³-hybridized carbons (Fsp3) is 0.462. The number of aromatic amines is 1. The van der Waals surface area contributed by atoms with Crippen molar-refractivity contribution in [3.63, 3.8) is 0 Å². The van der Waals surface area contributed by atoms with Crippen LogP contribution in [-0.4, -0.2) is 28.7 Å². The van der Waals surface area contributed by atoms with Crippen molar-refractivity contribution >= 4 is 39.2 Å². The Morgan fingerprint density at radius 1 is 1.45 bits per heavy atom. The molecule has 0 atom stereocenters. The Balaban J connectivity index is 1.98. The van der Waals surface area contributed by atoms with Crippen molar-refractivity contribution in [3.05, 3.63) is 20.8 Å². The van der Waals surface area contributed by atoms with Crippen molar-refractivity contribution in [2.24, 2.45) is 0 Å². The number of H-pyrrole nitrogens is 1. The minimum Gasteiger partial charge on any atom is -0.358 e. The molecule has 2 aromatic rings. The second-order valence-electron chi connectivity index (χ2n) is 4.72. The van der Waals surface area contributed by atoms with E-state index in [0.717, 1.165) is 29.5 Å². The second kappa shape index (κ2) is 5.57. The molecule has 3 rings (SSSR count). The smallest absolute Gasteiger partial charge is 0.260 e. The number of aryl methyl sites for hydroxylation is 2. The van der Waals surface area contributed by atoms with Gasteiger partial charge in [-0.1, -0.05) is 11.8 Å². The molecule has 0 bridgehead atoms. The van der Waals surface area contributed by atoms with E-state index in [-0.39, 0.29) is 17.2 Å². The van der Waals surface area contributed by atoms with E-state index in [0.29, 0.717) is 5.16 Å². The molecule has 2 heterocycles. The summed E-state index contributed by atoms with van der Waals surface area (Å²) < 4.78 is 0. The lowest BCUT2D eigenvalue weighted by molar-refractivity contribution is -0.118. The van der Waals surface area contributed by atoms with Gasteiger partial charge in [0.15, 0.2) is 5.16 Å². The molecule has 0 aromatic carbocycles. The molecule has 2 N–H and O–H groups in total. The molecule has 0 saturated carbocycles. The highest BCUT2D eigenvalue weighted by atomic mass is 32.2. The van der Waals surface area contributed by atoms with E-state index in [1.807, 2.05) is 0 Å². The van der Waals surface area contributed by atoms with Crippen LogP contribution in [0.4, 0.5) is 0 Å². The van der Waals surface area contributed by atoms with Crippen molar-refractivity contribution in [1.29, 1.82) is 0 Å². The molecule has 20 heavy (non-hydrogen) atoms. The van der Waals surface area contributed by atoms with Crippen LogP contribution >= 0.6 is 23.1 Å². The number of nitrogens with one attached hydrogen (secondary N) is 2. The van der Waals surface area contributed by atoms with E-state index in [4.69, 9.17) is 0 Å². The van der Waals surface area contributed by atoms with Gasteiger partial charge in [-0.05, 0) is 31.2 Å². The predicted octanol–water partition coefficient (Wildman–Crippen LogP) is 1.70. The number of fused-ring (bicyclic) bond motifs is 3. The predicted molar refractivity (Wildman–Crippen MR) is 81.7 cm³/mol. The number of hydrogen-bond acceptors (Lipinski definition) is 5. The first-order chi connectivity index (χ1) is 9.69. The summed E-state index contributed by atoms with van der Waals surface area (Å²) in [6.07, 6.45) is 4.36. The van der Waals surface area contributed by atoms with Gasteiger partial charge in [-0.25, -0.2) is 4.98 Å². The maximum Gasteiger partial charge on any atom is 0.260 e. The number of thiophene rings is 1. The molecule has 1 amide bonds. The Kier molecular flexibility index (Phi) is 3.80. The van der Waals surface area contributed by atoms with Crippen LogP contribution in [0.1, 0.15) is 23.3 Å². The monoisotopic (exact) mass is 309 g/mol. The van der Waals surface area contributed by atoms with Gasteiger partial charge in [-0.3, -0.25) is 9.59 Å². The number of rotatable bonds is 3. The minimum atomic E-state index is -0.0804. The molecule has 2 aromatic heterocycles. The number of hydrogen-bond donors (Lipinski definition) is 2. The number of carbonyl (C=O) groups excluding carboxylic acids is 1. The third kappa shape index (κ3) is 2.47. The van der Waals surface area contributed by atoms with E-state index in [1.165, 1.54) is 28.6 Å². The molecule has 0 radical (unpaired) electrons. The zero-order valence-corrected chi connectivity index (χ0v) is 12.7. The molecule has 0 aliphatic heterocycles. The number of carbonyl (C=O) groups is 1. The average molecular weight is 309 g/mol. The van der Waals surface area contributed by atoms with Crippen LogP contribution in [0.5, 0.6) is 0 Å². The Morgan fingerprint density at radius 3 is 3.05 bits per heavy atom. The van der Waals surface area contributed by atoms with Gasteiger partial charge in [0, 0.05) is 11.9 Å². The van der Waals surface area contributed by atoms with Crippen molar-refractivity contribution < 1.29 is 4.79 Å². The summed E-state index contributed by atoms with van der Waals surface area (Å²) in [5.41, 5.74) is 1.11. The Morgan fingerprint density at radius 2 is 2.25 bits per heavy atom. The van der Waals surface area contributed by atoms with Gasteiger partial charge < -0.3 is 10.3 Å². The van der Waals surface area contributed by atoms with Crippen molar-refractivity contribution in [1.82, 2.24) is 15.3 Å². The van der Waals surface area contributed by atoms with Crippen LogP contribution in [0, 0.1) is 0 Å². The highest BCUT2D eigenvalue weighted by molar-refractivity contribution is 7.99. The lowest BCUT2D eigenvalue weighted by Crippen LogP contribution is -2.20. The molecule has 106 valence electrons. The summed E-state index contributed by atoms with van der Waals surface area (Å²) in [7, 11) is 1.59. The molecular weight excluding hydrogens is 294 g/mol. The van der Waals surface area contributed by atoms with E-state index in [1.54, 1.807) is 18.4 Å². The molecular formula is C13H15N3O2S2. The summed E-state index contributed by atoms with van der Waals surface area (Å²) in [5, 5.41) is 3.83. The van der Waals surface area contributed by atoms with Crippen LogP contribution in [0.2, 0.25) is 0 Å². The number of aromatic nitrogens is 2. The molecule has 0 spiro atoms. The first-order valence-corrected chi connectivity index (χ1v) is 8.37. The molecule has 0 saturated heterocycles. The zero-order chi connectivity index (χ0) is 14.1.